The first-order valence-corrected chi connectivity index (χ1v) is 8.09. The van der Waals surface area contributed by atoms with E-state index in [2.05, 4.69) is 25.8 Å². The average Bonchev–Trinajstić information content (AvgIpc) is 2.39. The first-order valence-electron chi connectivity index (χ1n) is 6.73. The van der Waals surface area contributed by atoms with Crippen LogP contribution in [0.25, 0.3) is 0 Å². The minimum absolute atomic E-state index is 0.0245. The summed E-state index contributed by atoms with van der Waals surface area (Å²) in [5, 5.41) is 1.45. The number of nitrogens with zero attached hydrogens (tertiary/aromatic N) is 2. The maximum atomic E-state index is 12.1. The number of benzene rings is 1. The summed E-state index contributed by atoms with van der Waals surface area (Å²) in [6, 6.07) is 9.34. The van der Waals surface area contributed by atoms with Gasteiger partial charge < -0.3 is 0 Å². The van der Waals surface area contributed by atoms with Gasteiger partial charge in [-0.1, -0.05) is 56.3 Å². The summed E-state index contributed by atoms with van der Waals surface area (Å²) in [5.41, 5.74) is 1.77. The van der Waals surface area contributed by atoms with E-state index < -0.39 is 0 Å². The van der Waals surface area contributed by atoms with Crippen molar-refractivity contribution < 1.29 is 0 Å². The molecule has 0 atom stereocenters. The normalized spacial score (nSPS) is 11.7. The fourth-order valence-corrected chi connectivity index (χ4v) is 2.94. The predicted molar refractivity (Wildman–Crippen MR) is 89.2 cm³/mol. The number of rotatable bonds is 3. The quantitative estimate of drug-likeness (QED) is 0.632. The maximum absolute atomic E-state index is 12.1. The molecule has 5 heteroatoms. The Morgan fingerprint density at radius 2 is 2.00 bits per heavy atom. The van der Waals surface area contributed by atoms with Crippen LogP contribution in [0.5, 0.6) is 0 Å². The second-order valence-electron chi connectivity index (χ2n) is 5.99. The van der Waals surface area contributed by atoms with Crippen molar-refractivity contribution >= 4 is 23.4 Å². The van der Waals surface area contributed by atoms with Gasteiger partial charge in [-0.15, -0.1) is 0 Å². The van der Waals surface area contributed by atoms with Gasteiger partial charge in [0.1, 0.15) is 0 Å². The largest absolute Gasteiger partial charge is 0.291 e. The summed E-state index contributed by atoms with van der Waals surface area (Å²) >= 11 is 7.53. The molecule has 21 heavy (non-hydrogen) atoms. The highest BCUT2D eigenvalue weighted by Crippen LogP contribution is 2.25. The van der Waals surface area contributed by atoms with E-state index in [0.717, 1.165) is 27.2 Å². The molecule has 0 amide bonds. The topological polar surface area (TPSA) is 34.9 Å². The third kappa shape index (κ3) is 4.11. The first kappa shape index (κ1) is 16.1. The summed E-state index contributed by atoms with van der Waals surface area (Å²) in [6.45, 7) is 6.17. The first-order chi connectivity index (χ1) is 9.77. The minimum atomic E-state index is -0.140. The molecular formula is C16H19ClN2OS. The second kappa shape index (κ2) is 6.24. The van der Waals surface area contributed by atoms with E-state index in [4.69, 9.17) is 11.6 Å². The van der Waals surface area contributed by atoms with Crippen LogP contribution >= 0.6 is 23.4 Å². The highest BCUT2D eigenvalue weighted by atomic mass is 35.5. The van der Waals surface area contributed by atoms with Crippen molar-refractivity contribution in [1.82, 2.24) is 9.55 Å². The molecule has 2 aromatic rings. The molecule has 0 fully saturated rings. The molecule has 1 aromatic carbocycles. The summed E-state index contributed by atoms with van der Waals surface area (Å²) in [7, 11) is 1.75. The van der Waals surface area contributed by atoms with E-state index in [1.807, 2.05) is 24.3 Å². The van der Waals surface area contributed by atoms with Crippen molar-refractivity contribution in [2.24, 2.45) is 7.05 Å². The Hall–Kier alpha value is -1.26. The third-order valence-electron chi connectivity index (χ3n) is 3.12. The third-order valence-corrected chi connectivity index (χ3v) is 4.46. The van der Waals surface area contributed by atoms with Crippen molar-refractivity contribution in [1.29, 1.82) is 0 Å². The number of halogens is 1. The standard InChI is InChI=1S/C16H19ClN2OS/c1-16(2,3)13-9-14(20)19(4)15(18-13)21-10-11-6-5-7-12(17)8-11/h5-9H,10H2,1-4H3. The second-order valence-corrected chi connectivity index (χ2v) is 7.37. The number of aromatic nitrogens is 2. The monoisotopic (exact) mass is 322 g/mol. The van der Waals surface area contributed by atoms with E-state index in [0.29, 0.717) is 0 Å². The zero-order valence-electron chi connectivity index (χ0n) is 12.7. The highest BCUT2D eigenvalue weighted by molar-refractivity contribution is 7.98. The Labute approximate surface area is 134 Å². The Balaban J connectivity index is 2.27. The molecule has 0 N–H and O–H groups in total. The van der Waals surface area contributed by atoms with E-state index in [9.17, 15) is 4.79 Å². The Morgan fingerprint density at radius 3 is 2.62 bits per heavy atom. The fraction of sp³-hybridized carbons (Fsp3) is 0.375. The lowest BCUT2D eigenvalue weighted by Crippen LogP contribution is -2.25. The van der Waals surface area contributed by atoms with Gasteiger partial charge in [-0.2, -0.15) is 0 Å². The molecule has 0 saturated carbocycles. The molecule has 0 saturated heterocycles. The van der Waals surface area contributed by atoms with Crippen molar-refractivity contribution in [3.8, 4) is 0 Å². The van der Waals surface area contributed by atoms with Gasteiger partial charge in [-0.05, 0) is 17.7 Å². The maximum Gasteiger partial charge on any atom is 0.254 e. The van der Waals surface area contributed by atoms with Crippen LogP contribution in [0.1, 0.15) is 32.0 Å². The lowest BCUT2D eigenvalue weighted by atomic mass is 9.92. The minimum Gasteiger partial charge on any atom is -0.291 e. The van der Waals surface area contributed by atoms with E-state index in [-0.39, 0.29) is 11.0 Å². The van der Waals surface area contributed by atoms with Crippen LogP contribution in [0.3, 0.4) is 0 Å². The summed E-state index contributed by atoms with van der Waals surface area (Å²) in [4.78, 5) is 16.7. The van der Waals surface area contributed by atoms with Gasteiger partial charge >= 0.3 is 0 Å². The number of hydrogen-bond donors (Lipinski definition) is 0. The van der Waals surface area contributed by atoms with Crippen molar-refractivity contribution in [2.45, 2.75) is 37.1 Å². The van der Waals surface area contributed by atoms with Crippen LogP contribution in [0.4, 0.5) is 0 Å². The van der Waals surface area contributed by atoms with E-state index in [1.54, 1.807) is 29.4 Å². The summed E-state index contributed by atoms with van der Waals surface area (Å²) < 4.78 is 1.59. The molecule has 0 aliphatic carbocycles. The van der Waals surface area contributed by atoms with Gasteiger partial charge in [0.05, 0.1) is 5.69 Å². The molecule has 2 rings (SSSR count). The molecule has 112 valence electrons. The van der Waals surface area contributed by atoms with Gasteiger partial charge in [0.2, 0.25) is 0 Å². The molecule has 0 bridgehead atoms. The Bertz CT molecular complexity index is 704. The summed E-state index contributed by atoms with van der Waals surface area (Å²) in [5.74, 6) is 0.731. The molecule has 0 aliphatic rings. The average molecular weight is 323 g/mol. The molecular weight excluding hydrogens is 304 g/mol. The van der Waals surface area contributed by atoms with Crippen LogP contribution < -0.4 is 5.56 Å². The Morgan fingerprint density at radius 1 is 1.29 bits per heavy atom. The highest BCUT2D eigenvalue weighted by Gasteiger charge is 2.18. The van der Waals surface area contributed by atoms with E-state index >= 15 is 0 Å². The lowest BCUT2D eigenvalue weighted by Gasteiger charge is -2.19. The SMILES string of the molecule is Cn1c(SCc2cccc(Cl)c2)nc(C(C)(C)C)cc1=O. The van der Waals surface area contributed by atoms with Gasteiger partial charge in [0.15, 0.2) is 5.16 Å². The summed E-state index contributed by atoms with van der Waals surface area (Å²) in [6.07, 6.45) is 0. The zero-order chi connectivity index (χ0) is 15.6. The van der Waals surface area contributed by atoms with Crippen LogP contribution in [0.15, 0.2) is 40.3 Å². The van der Waals surface area contributed by atoms with Gasteiger partial charge in [-0.3, -0.25) is 9.36 Å². The molecule has 1 heterocycles. The van der Waals surface area contributed by atoms with Crippen molar-refractivity contribution in [2.75, 3.05) is 0 Å². The molecule has 0 radical (unpaired) electrons. The van der Waals surface area contributed by atoms with Crippen LogP contribution in [-0.2, 0) is 18.2 Å². The fourth-order valence-electron chi connectivity index (χ4n) is 1.81. The van der Waals surface area contributed by atoms with Crippen LogP contribution in [0.2, 0.25) is 5.02 Å². The van der Waals surface area contributed by atoms with Gasteiger partial charge in [-0.25, -0.2) is 4.98 Å². The zero-order valence-corrected chi connectivity index (χ0v) is 14.3. The smallest absolute Gasteiger partial charge is 0.254 e. The Kier molecular flexibility index (Phi) is 4.79. The van der Waals surface area contributed by atoms with Gasteiger partial charge in [0.25, 0.3) is 5.56 Å². The molecule has 0 aliphatic heterocycles. The van der Waals surface area contributed by atoms with Crippen molar-refractivity contribution in [3.05, 3.63) is 57.0 Å². The van der Waals surface area contributed by atoms with E-state index in [1.165, 1.54) is 0 Å². The van der Waals surface area contributed by atoms with Crippen LogP contribution in [0, 0.1) is 0 Å². The molecule has 1 aromatic heterocycles. The molecule has 0 spiro atoms. The van der Waals surface area contributed by atoms with Crippen molar-refractivity contribution in [3.63, 3.8) is 0 Å². The van der Waals surface area contributed by atoms with Gasteiger partial charge in [0, 0.05) is 29.3 Å². The predicted octanol–water partition coefficient (Wildman–Crippen LogP) is 4.02. The molecule has 3 nitrogen and oxygen atoms in total. The molecule has 0 unspecified atom stereocenters. The number of thioether (sulfide) groups is 1. The van der Waals surface area contributed by atoms with Crippen LogP contribution in [-0.4, -0.2) is 9.55 Å². The lowest BCUT2D eigenvalue weighted by molar-refractivity contribution is 0.542. The number of hydrogen-bond acceptors (Lipinski definition) is 3.